The van der Waals surface area contributed by atoms with Crippen LogP contribution in [0.2, 0.25) is 0 Å². The number of unbranched alkanes of at least 4 members (excludes halogenated alkanes) is 8. The molecule has 0 saturated heterocycles. The standard InChI is InChI=1S/C18H28/c1-2-3-4-5-6-7-8-9-10-12-15-18-16-13-11-14-17-18/h11-17H,2-10H2,1H3/b15-12+. The van der Waals surface area contributed by atoms with Gasteiger partial charge in [0.1, 0.15) is 0 Å². The van der Waals surface area contributed by atoms with E-state index in [9.17, 15) is 0 Å². The molecule has 100 valence electrons. The van der Waals surface area contributed by atoms with Crippen molar-refractivity contribution in [2.45, 2.75) is 64.7 Å². The molecule has 1 rings (SSSR count). The molecule has 0 bridgehead atoms. The highest BCUT2D eigenvalue weighted by molar-refractivity contribution is 5.48. The zero-order valence-electron chi connectivity index (χ0n) is 11.9. The molecule has 0 amide bonds. The van der Waals surface area contributed by atoms with Crippen LogP contribution in [0.5, 0.6) is 0 Å². The Hall–Kier alpha value is -1.04. The van der Waals surface area contributed by atoms with Gasteiger partial charge in [-0.15, -0.1) is 0 Å². The van der Waals surface area contributed by atoms with Crippen LogP contribution in [0, 0.1) is 0 Å². The maximum atomic E-state index is 2.31. The molecule has 0 saturated carbocycles. The maximum absolute atomic E-state index is 2.31. The molecule has 0 unspecified atom stereocenters. The van der Waals surface area contributed by atoms with Crippen molar-refractivity contribution >= 4 is 6.08 Å². The zero-order valence-corrected chi connectivity index (χ0v) is 11.9. The fourth-order valence-electron chi connectivity index (χ4n) is 2.18. The average Bonchev–Trinajstić information content (AvgIpc) is 2.42. The number of hydrogen-bond acceptors (Lipinski definition) is 0. The number of rotatable bonds is 10. The lowest BCUT2D eigenvalue weighted by atomic mass is 10.1. The molecule has 0 heteroatoms. The van der Waals surface area contributed by atoms with Crippen LogP contribution in [0.3, 0.4) is 0 Å². The second kappa shape index (κ2) is 11.1. The first-order valence-electron chi connectivity index (χ1n) is 7.65. The number of benzene rings is 1. The van der Waals surface area contributed by atoms with Crippen molar-refractivity contribution in [2.24, 2.45) is 0 Å². The van der Waals surface area contributed by atoms with Gasteiger partial charge in [0.2, 0.25) is 0 Å². The first kappa shape index (κ1) is 15.0. The molecule has 0 aliphatic carbocycles. The summed E-state index contributed by atoms with van der Waals surface area (Å²) < 4.78 is 0. The molecule has 0 aromatic heterocycles. The van der Waals surface area contributed by atoms with Gasteiger partial charge in [-0.1, -0.05) is 94.4 Å². The second-order valence-electron chi connectivity index (χ2n) is 5.08. The molecule has 1 aromatic rings. The minimum atomic E-state index is 1.23. The Kier molecular flexibility index (Phi) is 9.24. The number of allylic oxidation sites excluding steroid dienone is 1. The Balaban J connectivity index is 1.91. The first-order chi connectivity index (χ1) is 8.93. The molecule has 0 aliphatic rings. The van der Waals surface area contributed by atoms with Crippen LogP contribution < -0.4 is 0 Å². The first-order valence-corrected chi connectivity index (χ1v) is 7.65. The van der Waals surface area contributed by atoms with Crippen molar-refractivity contribution in [1.29, 1.82) is 0 Å². The van der Waals surface area contributed by atoms with Gasteiger partial charge in [-0.2, -0.15) is 0 Å². The van der Waals surface area contributed by atoms with Crippen molar-refractivity contribution in [2.75, 3.05) is 0 Å². The number of hydrogen-bond donors (Lipinski definition) is 0. The highest BCUT2D eigenvalue weighted by Gasteiger charge is 1.90. The van der Waals surface area contributed by atoms with Crippen LogP contribution in [0.15, 0.2) is 36.4 Å². The van der Waals surface area contributed by atoms with E-state index in [0.717, 1.165) is 0 Å². The summed E-state index contributed by atoms with van der Waals surface area (Å²) in [6.45, 7) is 2.28. The van der Waals surface area contributed by atoms with Crippen LogP contribution in [0.4, 0.5) is 0 Å². The molecular weight excluding hydrogens is 216 g/mol. The molecule has 0 atom stereocenters. The van der Waals surface area contributed by atoms with Gasteiger partial charge in [-0.3, -0.25) is 0 Å². The Morgan fingerprint density at radius 3 is 2.06 bits per heavy atom. The molecule has 0 spiro atoms. The van der Waals surface area contributed by atoms with Gasteiger partial charge in [0.25, 0.3) is 0 Å². The van der Waals surface area contributed by atoms with Crippen LogP contribution in [0.1, 0.15) is 70.3 Å². The average molecular weight is 244 g/mol. The molecule has 1 aromatic carbocycles. The van der Waals surface area contributed by atoms with Crippen molar-refractivity contribution in [1.82, 2.24) is 0 Å². The van der Waals surface area contributed by atoms with Crippen LogP contribution in [-0.2, 0) is 0 Å². The van der Waals surface area contributed by atoms with E-state index in [4.69, 9.17) is 0 Å². The van der Waals surface area contributed by atoms with Gasteiger partial charge in [0.05, 0.1) is 0 Å². The molecule has 0 aliphatic heterocycles. The Bertz CT molecular complexity index is 297. The van der Waals surface area contributed by atoms with Gasteiger partial charge >= 0.3 is 0 Å². The van der Waals surface area contributed by atoms with E-state index in [0.29, 0.717) is 0 Å². The monoisotopic (exact) mass is 244 g/mol. The summed E-state index contributed by atoms with van der Waals surface area (Å²) in [7, 11) is 0. The fraction of sp³-hybridized carbons (Fsp3) is 0.556. The lowest BCUT2D eigenvalue weighted by Crippen LogP contribution is -1.80. The molecule has 0 N–H and O–H groups in total. The van der Waals surface area contributed by atoms with E-state index in [-0.39, 0.29) is 0 Å². The van der Waals surface area contributed by atoms with E-state index in [1.807, 2.05) is 0 Å². The van der Waals surface area contributed by atoms with Gasteiger partial charge in [-0.25, -0.2) is 0 Å². The lowest BCUT2D eigenvalue weighted by Gasteiger charge is -1.99. The summed E-state index contributed by atoms with van der Waals surface area (Å²) in [5.74, 6) is 0. The SMILES string of the molecule is CCCCCCCCCC/C=C/c1ccccc1. The summed E-state index contributed by atoms with van der Waals surface area (Å²) in [5, 5.41) is 0. The highest BCUT2D eigenvalue weighted by atomic mass is 14.0. The van der Waals surface area contributed by atoms with Gasteiger partial charge in [0, 0.05) is 0 Å². The lowest BCUT2D eigenvalue weighted by molar-refractivity contribution is 0.578. The van der Waals surface area contributed by atoms with Crippen molar-refractivity contribution < 1.29 is 0 Å². The third-order valence-electron chi connectivity index (χ3n) is 3.33. The van der Waals surface area contributed by atoms with E-state index >= 15 is 0 Å². The summed E-state index contributed by atoms with van der Waals surface area (Å²) in [5.41, 5.74) is 1.32. The van der Waals surface area contributed by atoms with Crippen LogP contribution in [0.25, 0.3) is 6.08 Å². The maximum Gasteiger partial charge on any atom is -0.0260 e. The normalized spacial score (nSPS) is 11.2. The summed E-state index contributed by atoms with van der Waals surface area (Å²) in [6, 6.07) is 10.6. The van der Waals surface area contributed by atoms with E-state index < -0.39 is 0 Å². The van der Waals surface area contributed by atoms with Gasteiger partial charge in [-0.05, 0) is 18.4 Å². The molecular formula is C18H28. The van der Waals surface area contributed by atoms with Gasteiger partial charge in [0.15, 0.2) is 0 Å². The predicted octanol–water partition coefficient (Wildman–Crippen LogP) is 6.23. The van der Waals surface area contributed by atoms with Crippen molar-refractivity contribution in [3.05, 3.63) is 42.0 Å². The summed E-state index contributed by atoms with van der Waals surface area (Å²) >= 11 is 0. The van der Waals surface area contributed by atoms with E-state index in [1.54, 1.807) is 0 Å². The molecule has 0 radical (unpaired) electrons. The minimum Gasteiger partial charge on any atom is -0.0839 e. The fourth-order valence-corrected chi connectivity index (χ4v) is 2.18. The Morgan fingerprint density at radius 2 is 1.39 bits per heavy atom. The quantitative estimate of drug-likeness (QED) is 0.428. The Morgan fingerprint density at radius 1 is 0.778 bits per heavy atom. The van der Waals surface area contributed by atoms with Crippen molar-refractivity contribution in [3.8, 4) is 0 Å². The third kappa shape index (κ3) is 8.11. The van der Waals surface area contributed by atoms with Crippen LogP contribution >= 0.6 is 0 Å². The third-order valence-corrected chi connectivity index (χ3v) is 3.33. The Labute approximate surface area is 113 Å². The molecule has 0 fully saturated rings. The van der Waals surface area contributed by atoms with Crippen molar-refractivity contribution in [3.63, 3.8) is 0 Å². The molecule has 18 heavy (non-hydrogen) atoms. The van der Waals surface area contributed by atoms with E-state index in [2.05, 4.69) is 49.4 Å². The predicted molar refractivity (Wildman–Crippen MR) is 82.7 cm³/mol. The minimum absolute atomic E-state index is 1.23. The van der Waals surface area contributed by atoms with Crippen LogP contribution in [-0.4, -0.2) is 0 Å². The smallest absolute Gasteiger partial charge is 0.0260 e. The molecule has 0 nitrogen and oxygen atoms in total. The van der Waals surface area contributed by atoms with Gasteiger partial charge < -0.3 is 0 Å². The topological polar surface area (TPSA) is 0 Å². The second-order valence-corrected chi connectivity index (χ2v) is 5.08. The summed E-state index contributed by atoms with van der Waals surface area (Å²) in [6.07, 6.45) is 17.0. The molecule has 0 heterocycles. The van der Waals surface area contributed by atoms with E-state index in [1.165, 1.54) is 63.4 Å². The highest BCUT2D eigenvalue weighted by Crippen LogP contribution is 2.10. The largest absolute Gasteiger partial charge is 0.0839 e. The zero-order chi connectivity index (χ0) is 12.9. The summed E-state index contributed by atoms with van der Waals surface area (Å²) in [4.78, 5) is 0.